The average Bonchev–Trinajstić information content (AvgIpc) is 3.14. The maximum atomic E-state index is 13.2. The maximum absolute atomic E-state index is 13.2. The number of carbonyl (C=O) groups excluding carboxylic acids is 1. The Kier molecular flexibility index (Phi) is 5.77. The van der Waals surface area contributed by atoms with Crippen molar-refractivity contribution in [2.45, 2.75) is 25.0 Å². The molecule has 0 radical (unpaired) electrons. The number of carbonyl (C=O) groups is 1. The van der Waals surface area contributed by atoms with Crippen LogP contribution >= 0.6 is 23.1 Å². The van der Waals surface area contributed by atoms with Crippen LogP contribution in [-0.2, 0) is 10.5 Å². The molecule has 146 valence electrons. The monoisotopic (exact) mass is 417 g/mol. The van der Waals surface area contributed by atoms with Gasteiger partial charge in [0.2, 0.25) is 5.91 Å². The van der Waals surface area contributed by atoms with Gasteiger partial charge < -0.3 is 9.88 Å². The van der Waals surface area contributed by atoms with Gasteiger partial charge in [0.05, 0.1) is 16.9 Å². The summed E-state index contributed by atoms with van der Waals surface area (Å²) in [6, 6.07) is 6.08. The molecular weight excluding hydrogens is 397 g/mol. The van der Waals surface area contributed by atoms with E-state index in [0.717, 1.165) is 37.1 Å². The summed E-state index contributed by atoms with van der Waals surface area (Å²) in [5, 5.41) is 2.39. The van der Waals surface area contributed by atoms with Crippen LogP contribution in [0.2, 0.25) is 0 Å². The highest BCUT2D eigenvalue weighted by molar-refractivity contribution is 7.99. The van der Waals surface area contributed by atoms with Crippen molar-refractivity contribution in [3.63, 3.8) is 0 Å². The lowest BCUT2D eigenvalue weighted by Gasteiger charge is -2.26. The Morgan fingerprint density at radius 2 is 1.96 bits per heavy atom. The molecule has 5 nitrogen and oxygen atoms in total. The quantitative estimate of drug-likeness (QED) is 0.681. The number of aromatic amines is 1. The van der Waals surface area contributed by atoms with E-state index < -0.39 is 0 Å². The first-order valence-corrected chi connectivity index (χ1v) is 11.3. The Hall–Kier alpha value is -2.19. The molecule has 3 aromatic rings. The molecule has 1 aliphatic rings. The number of piperidine rings is 1. The van der Waals surface area contributed by atoms with Gasteiger partial charge in [-0.15, -0.1) is 23.1 Å². The van der Waals surface area contributed by atoms with E-state index in [1.54, 1.807) is 12.1 Å². The fourth-order valence-corrected chi connectivity index (χ4v) is 5.13. The molecule has 1 aliphatic heterocycles. The third-order valence-electron chi connectivity index (χ3n) is 4.82. The van der Waals surface area contributed by atoms with Crippen molar-refractivity contribution in [3.8, 4) is 11.1 Å². The predicted molar refractivity (Wildman–Crippen MR) is 112 cm³/mol. The highest BCUT2D eigenvalue weighted by atomic mass is 32.2. The number of rotatable bonds is 5. The first-order valence-electron chi connectivity index (χ1n) is 9.23. The second kappa shape index (κ2) is 8.45. The largest absolute Gasteiger partial charge is 0.342 e. The smallest absolute Gasteiger partial charge is 0.260 e. The molecule has 0 saturated carbocycles. The normalized spacial score (nSPS) is 14.5. The minimum absolute atomic E-state index is 0.155. The van der Waals surface area contributed by atoms with Crippen LogP contribution in [0.1, 0.15) is 25.1 Å². The zero-order chi connectivity index (χ0) is 19.5. The van der Waals surface area contributed by atoms with Crippen molar-refractivity contribution >= 4 is 39.2 Å². The van der Waals surface area contributed by atoms with Crippen LogP contribution in [-0.4, -0.2) is 39.6 Å². The summed E-state index contributed by atoms with van der Waals surface area (Å²) in [7, 11) is 0. The van der Waals surface area contributed by atoms with Gasteiger partial charge in [0.15, 0.2) is 0 Å². The van der Waals surface area contributed by atoms with Gasteiger partial charge in [-0.2, -0.15) is 0 Å². The SMILES string of the molecule is O=C(CSCc1nc2scc(-c3ccc(F)cc3)c2c(=O)[nH]1)N1CCCCC1. The van der Waals surface area contributed by atoms with E-state index in [9.17, 15) is 14.0 Å². The summed E-state index contributed by atoms with van der Waals surface area (Å²) < 4.78 is 13.2. The highest BCUT2D eigenvalue weighted by Gasteiger charge is 2.17. The average molecular weight is 418 g/mol. The third kappa shape index (κ3) is 4.12. The van der Waals surface area contributed by atoms with Gasteiger partial charge in [0.1, 0.15) is 16.5 Å². The van der Waals surface area contributed by atoms with Crippen LogP contribution in [0.5, 0.6) is 0 Å². The van der Waals surface area contributed by atoms with Crippen LogP contribution in [0, 0.1) is 5.82 Å². The zero-order valence-corrected chi connectivity index (χ0v) is 16.9. The lowest BCUT2D eigenvalue weighted by Crippen LogP contribution is -2.36. The van der Waals surface area contributed by atoms with E-state index in [-0.39, 0.29) is 17.3 Å². The molecule has 0 unspecified atom stereocenters. The number of aromatic nitrogens is 2. The molecule has 1 N–H and O–H groups in total. The van der Waals surface area contributed by atoms with E-state index in [4.69, 9.17) is 0 Å². The second-order valence-electron chi connectivity index (χ2n) is 6.78. The summed E-state index contributed by atoms with van der Waals surface area (Å²) in [5.74, 6) is 1.29. The van der Waals surface area contributed by atoms with Crippen LogP contribution < -0.4 is 5.56 Å². The van der Waals surface area contributed by atoms with Crippen molar-refractivity contribution in [1.82, 2.24) is 14.9 Å². The van der Waals surface area contributed by atoms with E-state index in [0.29, 0.717) is 27.5 Å². The van der Waals surface area contributed by atoms with Crippen molar-refractivity contribution in [3.05, 3.63) is 51.6 Å². The summed E-state index contributed by atoms with van der Waals surface area (Å²) in [6.07, 6.45) is 3.36. The Labute approximate surface area is 170 Å². The number of benzene rings is 1. The number of nitrogens with zero attached hydrogens (tertiary/aromatic N) is 2. The fourth-order valence-electron chi connectivity index (χ4n) is 3.37. The lowest BCUT2D eigenvalue weighted by molar-refractivity contribution is -0.129. The molecule has 3 heterocycles. The summed E-state index contributed by atoms with van der Waals surface area (Å²) >= 11 is 2.86. The number of thioether (sulfide) groups is 1. The molecule has 0 aliphatic carbocycles. The number of halogens is 1. The van der Waals surface area contributed by atoms with Crippen LogP contribution in [0.3, 0.4) is 0 Å². The van der Waals surface area contributed by atoms with Gasteiger partial charge >= 0.3 is 0 Å². The van der Waals surface area contributed by atoms with Crippen molar-refractivity contribution < 1.29 is 9.18 Å². The molecule has 8 heteroatoms. The number of hydrogen-bond acceptors (Lipinski definition) is 5. The molecular formula is C20H20FN3O2S2. The number of fused-ring (bicyclic) bond motifs is 1. The van der Waals surface area contributed by atoms with Crippen LogP contribution in [0.4, 0.5) is 4.39 Å². The molecule has 2 aromatic heterocycles. The molecule has 0 bridgehead atoms. The molecule has 1 aromatic carbocycles. The maximum Gasteiger partial charge on any atom is 0.260 e. The van der Waals surface area contributed by atoms with E-state index in [1.807, 2.05) is 10.3 Å². The predicted octanol–water partition coefficient (Wildman–Crippen LogP) is 4.04. The summed E-state index contributed by atoms with van der Waals surface area (Å²) in [4.78, 5) is 34.8. The van der Waals surface area contributed by atoms with Gasteiger partial charge in [0, 0.05) is 24.0 Å². The number of thiophene rings is 1. The van der Waals surface area contributed by atoms with Gasteiger partial charge in [-0.05, 0) is 37.0 Å². The van der Waals surface area contributed by atoms with Crippen LogP contribution in [0.15, 0.2) is 34.4 Å². The van der Waals surface area contributed by atoms with Crippen molar-refractivity contribution in [2.75, 3.05) is 18.8 Å². The Bertz CT molecular complexity index is 1040. The molecule has 28 heavy (non-hydrogen) atoms. The molecule has 0 spiro atoms. The Balaban J connectivity index is 1.47. The number of hydrogen-bond donors (Lipinski definition) is 1. The second-order valence-corrected chi connectivity index (χ2v) is 8.63. The molecule has 1 amide bonds. The Morgan fingerprint density at radius 1 is 1.21 bits per heavy atom. The standard InChI is InChI=1S/C20H20FN3O2S2/c21-14-6-4-13(5-7-14)15-10-28-20-18(15)19(26)22-16(23-20)11-27-12-17(25)24-8-2-1-3-9-24/h4-7,10H,1-3,8-9,11-12H2,(H,22,23,26). The summed E-state index contributed by atoms with van der Waals surface area (Å²) in [6.45, 7) is 1.70. The van der Waals surface area contributed by atoms with Gasteiger partial charge in [-0.1, -0.05) is 12.1 Å². The number of nitrogens with one attached hydrogen (secondary N) is 1. The van der Waals surface area contributed by atoms with E-state index in [2.05, 4.69) is 9.97 Å². The topological polar surface area (TPSA) is 66.1 Å². The number of H-pyrrole nitrogens is 1. The van der Waals surface area contributed by atoms with Gasteiger partial charge in [-0.3, -0.25) is 9.59 Å². The lowest BCUT2D eigenvalue weighted by atomic mass is 10.1. The van der Waals surface area contributed by atoms with Gasteiger partial charge in [-0.25, -0.2) is 9.37 Å². The van der Waals surface area contributed by atoms with Crippen molar-refractivity contribution in [2.24, 2.45) is 0 Å². The van der Waals surface area contributed by atoms with Crippen molar-refractivity contribution in [1.29, 1.82) is 0 Å². The van der Waals surface area contributed by atoms with E-state index in [1.165, 1.54) is 41.7 Å². The fraction of sp³-hybridized carbons (Fsp3) is 0.350. The first kappa shape index (κ1) is 19.1. The van der Waals surface area contributed by atoms with Gasteiger partial charge in [0.25, 0.3) is 5.56 Å². The van der Waals surface area contributed by atoms with Crippen LogP contribution in [0.25, 0.3) is 21.3 Å². The minimum Gasteiger partial charge on any atom is -0.342 e. The highest BCUT2D eigenvalue weighted by Crippen LogP contribution is 2.31. The number of likely N-dealkylation sites (tertiary alicyclic amines) is 1. The Morgan fingerprint density at radius 3 is 2.71 bits per heavy atom. The number of amides is 1. The first-order chi connectivity index (χ1) is 13.6. The zero-order valence-electron chi connectivity index (χ0n) is 15.2. The molecule has 0 atom stereocenters. The molecule has 1 saturated heterocycles. The molecule has 1 fully saturated rings. The van der Waals surface area contributed by atoms with E-state index >= 15 is 0 Å². The minimum atomic E-state index is -0.311. The summed E-state index contributed by atoms with van der Waals surface area (Å²) in [5.41, 5.74) is 1.34. The molecule has 4 rings (SSSR count). The third-order valence-corrected chi connectivity index (χ3v) is 6.62.